The Morgan fingerprint density at radius 2 is 1.63 bits per heavy atom. The molecule has 0 unspecified atom stereocenters. The Morgan fingerprint density at radius 3 is 2.23 bits per heavy atom. The van der Waals surface area contributed by atoms with Gasteiger partial charge >= 0.3 is 5.97 Å². The number of nitrogens with one attached hydrogen (secondary N) is 2. The number of ether oxygens (including phenoxy) is 1. The van der Waals surface area contributed by atoms with Crippen molar-refractivity contribution in [2.45, 2.75) is 45.9 Å². The molecule has 0 aliphatic heterocycles. The zero-order chi connectivity index (χ0) is 22.1. The van der Waals surface area contributed by atoms with Gasteiger partial charge < -0.3 is 20.5 Å². The molecule has 0 aliphatic carbocycles. The smallest absolute Gasteiger partial charge is 0.326 e. The number of carboxylic acids is 1. The lowest BCUT2D eigenvalue weighted by Crippen LogP contribution is -2.53. The minimum Gasteiger partial charge on any atom is -0.489 e. The van der Waals surface area contributed by atoms with Crippen LogP contribution >= 0.6 is 0 Å². The lowest BCUT2D eigenvalue weighted by molar-refractivity contribution is -0.142. The predicted octanol–water partition coefficient (Wildman–Crippen LogP) is 2.54. The standard InChI is InChI=1S/C23H28N2O5/c1-15(2)21(24-16(3)26)22(27)25-20(23(28)29)13-18-10-7-11-19(12-18)30-14-17-8-5-4-6-9-17/h4-12,15,20-21H,13-14H2,1-3H3,(H,24,26)(H,25,27)(H,28,29)/t20-,21-/m1/s1. The highest BCUT2D eigenvalue weighted by Crippen LogP contribution is 2.17. The molecule has 0 heterocycles. The van der Waals surface area contributed by atoms with Crippen LogP contribution < -0.4 is 15.4 Å². The van der Waals surface area contributed by atoms with Crippen LogP contribution in [0.25, 0.3) is 0 Å². The van der Waals surface area contributed by atoms with E-state index in [9.17, 15) is 19.5 Å². The summed E-state index contributed by atoms with van der Waals surface area (Å²) in [6, 6.07) is 14.9. The molecule has 7 nitrogen and oxygen atoms in total. The van der Waals surface area contributed by atoms with Crippen molar-refractivity contribution in [3.63, 3.8) is 0 Å². The summed E-state index contributed by atoms with van der Waals surface area (Å²) in [4.78, 5) is 35.6. The summed E-state index contributed by atoms with van der Waals surface area (Å²) in [5.74, 6) is -1.59. The van der Waals surface area contributed by atoms with Gasteiger partial charge in [-0.2, -0.15) is 0 Å². The first-order valence-corrected chi connectivity index (χ1v) is 9.82. The predicted molar refractivity (Wildman–Crippen MR) is 113 cm³/mol. The topological polar surface area (TPSA) is 105 Å². The molecule has 0 spiro atoms. The highest BCUT2D eigenvalue weighted by Gasteiger charge is 2.28. The van der Waals surface area contributed by atoms with E-state index in [0.29, 0.717) is 17.9 Å². The second-order valence-corrected chi connectivity index (χ2v) is 7.45. The number of hydrogen-bond donors (Lipinski definition) is 3. The van der Waals surface area contributed by atoms with Gasteiger partial charge in [-0.25, -0.2) is 4.79 Å². The van der Waals surface area contributed by atoms with E-state index in [0.717, 1.165) is 5.56 Å². The summed E-state index contributed by atoms with van der Waals surface area (Å²) >= 11 is 0. The van der Waals surface area contributed by atoms with Gasteiger partial charge in [-0.3, -0.25) is 9.59 Å². The molecule has 0 bridgehead atoms. The van der Waals surface area contributed by atoms with Crippen LogP contribution in [-0.2, 0) is 27.4 Å². The Morgan fingerprint density at radius 1 is 0.967 bits per heavy atom. The fourth-order valence-corrected chi connectivity index (χ4v) is 2.95. The average Bonchev–Trinajstić information content (AvgIpc) is 2.70. The van der Waals surface area contributed by atoms with E-state index in [1.165, 1.54) is 6.92 Å². The van der Waals surface area contributed by atoms with Crippen LogP contribution in [0.2, 0.25) is 0 Å². The second kappa shape index (κ2) is 11.0. The number of aliphatic carboxylic acids is 1. The highest BCUT2D eigenvalue weighted by atomic mass is 16.5. The molecule has 2 aromatic rings. The van der Waals surface area contributed by atoms with Crippen molar-refractivity contribution >= 4 is 17.8 Å². The van der Waals surface area contributed by atoms with Crippen LogP contribution in [0.5, 0.6) is 5.75 Å². The highest BCUT2D eigenvalue weighted by molar-refractivity contribution is 5.90. The van der Waals surface area contributed by atoms with E-state index >= 15 is 0 Å². The summed E-state index contributed by atoms with van der Waals surface area (Å²) in [5, 5.41) is 14.7. The van der Waals surface area contributed by atoms with Crippen LogP contribution in [0.1, 0.15) is 31.9 Å². The minimum absolute atomic E-state index is 0.0918. The Kier molecular flexibility index (Phi) is 8.41. The Bertz CT molecular complexity index is 867. The molecular weight excluding hydrogens is 384 g/mol. The molecule has 2 rings (SSSR count). The number of carbonyl (C=O) groups is 3. The van der Waals surface area contributed by atoms with Crippen molar-refractivity contribution < 1.29 is 24.2 Å². The fraction of sp³-hybridized carbons (Fsp3) is 0.348. The number of carboxylic acid groups (broad SMARTS) is 1. The summed E-state index contributed by atoms with van der Waals surface area (Å²) in [6.45, 7) is 5.28. The SMILES string of the molecule is CC(=O)N[C@@H](C(=O)N[C@H](Cc1cccc(OCc2ccccc2)c1)C(=O)O)C(C)C. The molecular formula is C23H28N2O5. The maximum atomic E-state index is 12.5. The maximum absolute atomic E-state index is 12.5. The molecule has 2 amide bonds. The first kappa shape index (κ1) is 22.9. The molecule has 0 saturated heterocycles. The molecule has 0 aromatic heterocycles. The van der Waals surface area contributed by atoms with Gasteiger partial charge in [0, 0.05) is 13.3 Å². The van der Waals surface area contributed by atoms with E-state index in [2.05, 4.69) is 10.6 Å². The van der Waals surface area contributed by atoms with Gasteiger partial charge in [0.15, 0.2) is 0 Å². The van der Waals surface area contributed by atoms with Crippen LogP contribution in [-0.4, -0.2) is 35.0 Å². The first-order valence-electron chi connectivity index (χ1n) is 9.82. The van der Waals surface area contributed by atoms with Crippen LogP contribution in [0.3, 0.4) is 0 Å². The molecule has 3 N–H and O–H groups in total. The normalized spacial score (nSPS) is 12.7. The lowest BCUT2D eigenvalue weighted by Gasteiger charge is -2.23. The fourth-order valence-electron chi connectivity index (χ4n) is 2.95. The minimum atomic E-state index is -1.15. The lowest BCUT2D eigenvalue weighted by atomic mass is 10.0. The Labute approximate surface area is 176 Å². The number of hydrogen-bond acceptors (Lipinski definition) is 4. The second-order valence-electron chi connectivity index (χ2n) is 7.45. The van der Waals surface area contributed by atoms with E-state index in [1.54, 1.807) is 38.1 Å². The quantitative estimate of drug-likeness (QED) is 0.556. The summed E-state index contributed by atoms with van der Waals surface area (Å²) in [7, 11) is 0. The number of benzene rings is 2. The summed E-state index contributed by atoms with van der Waals surface area (Å²) < 4.78 is 5.79. The zero-order valence-electron chi connectivity index (χ0n) is 17.4. The first-order chi connectivity index (χ1) is 14.3. The van der Waals surface area contributed by atoms with Gasteiger partial charge in [0.2, 0.25) is 11.8 Å². The molecule has 0 fully saturated rings. The Hall–Kier alpha value is -3.35. The van der Waals surface area contributed by atoms with Crippen LogP contribution in [0.15, 0.2) is 54.6 Å². The molecule has 7 heteroatoms. The average molecular weight is 412 g/mol. The van der Waals surface area contributed by atoms with E-state index in [1.807, 2.05) is 30.3 Å². The van der Waals surface area contributed by atoms with Crippen LogP contribution in [0.4, 0.5) is 0 Å². The third-order valence-corrected chi connectivity index (χ3v) is 4.51. The van der Waals surface area contributed by atoms with E-state index in [4.69, 9.17) is 4.74 Å². The molecule has 2 atom stereocenters. The van der Waals surface area contributed by atoms with Crippen molar-refractivity contribution in [2.24, 2.45) is 5.92 Å². The molecule has 0 saturated carbocycles. The van der Waals surface area contributed by atoms with Gasteiger partial charge in [0.05, 0.1) is 0 Å². The largest absolute Gasteiger partial charge is 0.489 e. The van der Waals surface area contributed by atoms with Gasteiger partial charge in [-0.05, 0) is 29.2 Å². The Balaban J connectivity index is 2.04. The third-order valence-electron chi connectivity index (χ3n) is 4.51. The monoisotopic (exact) mass is 412 g/mol. The number of rotatable bonds is 10. The summed E-state index contributed by atoms with van der Waals surface area (Å²) in [5.41, 5.74) is 1.74. The van der Waals surface area contributed by atoms with Gasteiger partial charge in [-0.1, -0.05) is 56.3 Å². The van der Waals surface area contributed by atoms with E-state index < -0.39 is 24.0 Å². The molecule has 30 heavy (non-hydrogen) atoms. The van der Waals surface area contributed by atoms with Gasteiger partial charge in [0.1, 0.15) is 24.4 Å². The van der Waals surface area contributed by atoms with Crippen molar-refractivity contribution in [3.8, 4) is 5.75 Å². The van der Waals surface area contributed by atoms with Crippen LogP contribution in [0, 0.1) is 5.92 Å². The number of carbonyl (C=O) groups excluding carboxylic acids is 2. The van der Waals surface area contributed by atoms with E-state index in [-0.39, 0.29) is 18.2 Å². The molecule has 0 aliphatic rings. The summed E-state index contributed by atoms with van der Waals surface area (Å²) in [6.07, 6.45) is 0.0918. The van der Waals surface area contributed by atoms with Crippen molar-refractivity contribution in [1.29, 1.82) is 0 Å². The third kappa shape index (κ3) is 7.24. The zero-order valence-corrected chi connectivity index (χ0v) is 17.4. The van der Waals surface area contributed by atoms with Crippen molar-refractivity contribution in [2.75, 3.05) is 0 Å². The molecule has 2 aromatic carbocycles. The van der Waals surface area contributed by atoms with Crippen molar-refractivity contribution in [1.82, 2.24) is 10.6 Å². The molecule has 160 valence electrons. The maximum Gasteiger partial charge on any atom is 0.326 e. The van der Waals surface area contributed by atoms with Crippen molar-refractivity contribution in [3.05, 3.63) is 65.7 Å². The van der Waals surface area contributed by atoms with Gasteiger partial charge in [-0.15, -0.1) is 0 Å². The number of amides is 2. The van der Waals surface area contributed by atoms with Gasteiger partial charge in [0.25, 0.3) is 0 Å². The molecule has 0 radical (unpaired) electrons.